The topological polar surface area (TPSA) is 49.7 Å². The summed E-state index contributed by atoms with van der Waals surface area (Å²) < 4.78 is 38.2. The minimum atomic E-state index is -5.13. The number of carbonyl (C=O) groups is 1. The highest BCUT2D eigenvalue weighted by atomic mass is 35.5. The van der Waals surface area contributed by atoms with E-state index in [4.69, 9.17) is 11.6 Å². The number of carbonyl (C=O) groups excluding carboxylic acids is 1. The number of aliphatic imine (C=N–C) groups is 1. The van der Waals surface area contributed by atoms with Gasteiger partial charge in [0.25, 0.3) is 5.78 Å². The summed E-state index contributed by atoms with van der Waals surface area (Å²) in [6.45, 7) is 0. The van der Waals surface area contributed by atoms with Gasteiger partial charge in [-0.2, -0.15) is 13.2 Å². The Morgan fingerprint density at radius 1 is 1.22 bits per heavy atom. The van der Waals surface area contributed by atoms with E-state index in [1.165, 1.54) is 24.3 Å². The molecule has 0 aliphatic rings. The van der Waals surface area contributed by atoms with Crippen LogP contribution >= 0.6 is 22.9 Å². The fraction of sp³-hybridized carbons (Fsp3) is 0.0667. The number of nitrogens with zero attached hydrogens (tertiary/aromatic N) is 1. The first-order valence-electron chi connectivity index (χ1n) is 6.18. The van der Waals surface area contributed by atoms with Crippen LogP contribution in [-0.2, 0) is 4.79 Å². The van der Waals surface area contributed by atoms with Gasteiger partial charge in [-0.05, 0) is 23.6 Å². The van der Waals surface area contributed by atoms with Crippen molar-refractivity contribution in [1.29, 1.82) is 0 Å². The molecule has 0 atom stereocenters. The zero-order valence-corrected chi connectivity index (χ0v) is 12.9. The Labute approximate surface area is 138 Å². The predicted molar refractivity (Wildman–Crippen MR) is 84.5 cm³/mol. The highest BCUT2D eigenvalue weighted by Gasteiger charge is 2.41. The molecule has 0 spiro atoms. The molecular weight excluding hydrogens is 351 g/mol. The lowest BCUT2D eigenvalue weighted by Gasteiger charge is -2.08. The van der Waals surface area contributed by atoms with Crippen molar-refractivity contribution in [3.63, 3.8) is 0 Å². The van der Waals surface area contributed by atoms with Crippen LogP contribution in [0.5, 0.6) is 0 Å². The molecule has 0 amide bonds. The second-order valence-electron chi connectivity index (χ2n) is 4.28. The maximum atomic E-state index is 12.7. The summed E-state index contributed by atoms with van der Waals surface area (Å²) in [6, 6.07) is 9.12. The van der Waals surface area contributed by atoms with Crippen LogP contribution in [0, 0.1) is 0 Å². The molecule has 2 aromatic rings. The SMILES string of the molecule is O=C(/C(C=Nc1ccccc1Cl)=C(\O)c1cccs1)C(F)(F)F. The van der Waals surface area contributed by atoms with E-state index in [0.717, 1.165) is 11.3 Å². The summed E-state index contributed by atoms with van der Waals surface area (Å²) in [4.78, 5) is 15.5. The molecule has 23 heavy (non-hydrogen) atoms. The van der Waals surface area contributed by atoms with E-state index >= 15 is 0 Å². The van der Waals surface area contributed by atoms with Crippen LogP contribution in [0.2, 0.25) is 5.02 Å². The van der Waals surface area contributed by atoms with E-state index in [0.29, 0.717) is 6.21 Å². The van der Waals surface area contributed by atoms with E-state index in [2.05, 4.69) is 4.99 Å². The van der Waals surface area contributed by atoms with Gasteiger partial charge in [-0.25, -0.2) is 0 Å². The Morgan fingerprint density at radius 2 is 1.91 bits per heavy atom. The molecule has 0 saturated carbocycles. The Bertz CT molecular complexity index is 767. The molecule has 2 rings (SSSR count). The number of rotatable bonds is 4. The number of allylic oxidation sites excluding steroid dienone is 1. The molecular formula is C15H9ClF3NO2S. The second kappa shape index (κ2) is 6.97. The number of hydrogen-bond acceptors (Lipinski definition) is 4. The van der Waals surface area contributed by atoms with Gasteiger partial charge in [-0.1, -0.05) is 29.8 Å². The van der Waals surface area contributed by atoms with Crippen molar-refractivity contribution >= 4 is 46.4 Å². The number of ketones is 1. The molecule has 0 bridgehead atoms. The van der Waals surface area contributed by atoms with Gasteiger partial charge in [0, 0.05) is 6.21 Å². The smallest absolute Gasteiger partial charge is 0.455 e. The lowest BCUT2D eigenvalue weighted by atomic mass is 10.1. The summed E-state index contributed by atoms with van der Waals surface area (Å²) in [5.41, 5.74) is -0.763. The molecule has 0 aliphatic heterocycles. The van der Waals surface area contributed by atoms with Crippen LogP contribution in [0.3, 0.4) is 0 Å². The highest BCUT2D eigenvalue weighted by Crippen LogP contribution is 2.28. The van der Waals surface area contributed by atoms with Crippen molar-refractivity contribution in [2.75, 3.05) is 0 Å². The minimum absolute atomic E-state index is 0.128. The van der Waals surface area contributed by atoms with Crippen LogP contribution in [-0.4, -0.2) is 23.3 Å². The molecule has 1 aromatic carbocycles. The van der Waals surface area contributed by atoms with Crippen molar-refractivity contribution in [3.05, 3.63) is 57.3 Å². The molecule has 8 heteroatoms. The first kappa shape index (κ1) is 17.2. The lowest BCUT2D eigenvalue weighted by molar-refractivity contribution is -0.165. The standard InChI is InChI=1S/C15H9ClF3NO2S/c16-10-4-1-2-5-11(10)20-8-9(14(22)15(17,18)19)13(21)12-6-3-7-23-12/h1-8,21H/b13-9-,20-8?. The van der Waals surface area contributed by atoms with Crippen molar-refractivity contribution < 1.29 is 23.1 Å². The monoisotopic (exact) mass is 359 g/mol. The van der Waals surface area contributed by atoms with Crippen LogP contribution in [0.1, 0.15) is 4.88 Å². The number of halogens is 4. The molecule has 0 aliphatic carbocycles. The van der Waals surface area contributed by atoms with Crippen molar-refractivity contribution in [3.8, 4) is 0 Å². The molecule has 3 nitrogen and oxygen atoms in total. The van der Waals surface area contributed by atoms with Crippen LogP contribution in [0.15, 0.2) is 52.3 Å². The minimum Gasteiger partial charge on any atom is -0.506 e. The number of benzene rings is 1. The van der Waals surface area contributed by atoms with E-state index in [-0.39, 0.29) is 15.6 Å². The van der Waals surface area contributed by atoms with Gasteiger partial charge >= 0.3 is 6.18 Å². The fourth-order valence-corrected chi connectivity index (χ4v) is 2.48. The zero-order valence-electron chi connectivity index (χ0n) is 11.3. The number of aliphatic hydroxyl groups is 1. The van der Waals surface area contributed by atoms with Gasteiger partial charge in [0.15, 0.2) is 0 Å². The van der Waals surface area contributed by atoms with Crippen molar-refractivity contribution in [2.45, 2.75) is 6.18 Å². The molecule has 0 unspecified atom stereocenters. The number of aliphatic hydroxyl groups excluding tert-OH is 1. The molecule has 0 fully saturated rings. The fourth-order valence-electron chi connectivity index (χ4n) is 1.62. The van der Waals surface area contributed by atoms with Crippen molar-refractivity contribution in [1.82, 2.24) is 0 Å². The molecule has 0 saturated heterocycles. The molecule has 1 heterocycles. The number of Topliss-reactive ketones (excluding diaryl/α,β-unsaturated/α-hetero) is 1. The summed E-state index contributed by atoms with van der Waals surface area (Å²) >= 11 is 6.86. The van der Waals surface area contributed by atoms with Crippen molar-refractivity contribution in [2.24, 2.45) is 4.99 Å². The van der Waals surface area contributed by atoms with Crippen LogP contribution < -0.4 is 0 Å². The first-order valence-corrected chi connectivity index (χ1v) is 7.43. The van der Waals surface area contributed by atoms with Gasteiger partial charge in [0.2, 0.25) is 0 Å². The quantitative estimate of drug-likeness (QED) is 0.463. The normalized spacial score (nSPS) is 13.2. The average molecular weight is 360 g/mol. The Morgan fingerprint density at radius 3 is 2.48 bits per heavy atom. The van der Waals surface area contributed by atoms with Gasteiger partial charge in [-0.3, -0.25) is 9.79 Å². The zero-order chi connectivity index (χ0) is 17.0. The Hall–Kier alpha value is -2.12. The maximum absolute atomic E-state index is 12.7. The average Bonchev–Trinajstić information content (AvgIpc) is 3.02. The molecule has 1 N–H and O–H groups in total. The highest BCUT2D eigenvalue weighted by molar-refractivity contribution is 7.11. The molecule has 120 valence electrons. The third kappa shape index (κ3) is 4.20. The summed E-state index contributed by atoms with van der Waals surface area (Å²) in [6.07, 6.45) is -4.46. The lowest BCUT2D eigenvalue weighted by Crippen LogP contribution is -2.26. The number of alkyl halides is 3. The van der Waals surface area contributed by atoms with E-state index < -0.39 is 23.3 Å². The van der Waals surface area contributed by atoms with Crippen LogP contribution in [0.4, 0.5) is 18.9 Å². The number of hydrogen-bond donors (Lipinski definition) is 1. The molecule has 1 aromatic heterocycles. The number of para-hydroxylation sites is 1. The van der Waals surface area contributed by atoms with E-state index in [9.17, 15) is 23.1 Å². The van der Waals surface area contributed by atoms with Gasteiger partial charge in [-0.15, -0.1) is 11.3 Å². The van der Waals surface area contributed by atoms with Gasteiger partial charge < -0.3 is 5.11 Å². The maximum Gasteiger partial charge on any atom is 0.455 e. The van der Waals surface area contributed by atoms with E-state index in [1.807, 2.05) is 0 Å². The van der Waals surface area contributed by atoms with Gasteiger partial charge in [0.05, 0.1) is 21.2 Å². The van der Waals surface area contributed by atoms with Gasteiger partial charge in [0.1, 0.15) is 5.76 Å². The second-order valence-corrected chi connectivity index (χ2v) is 5.63. The largest absolute Gasteiger partial charge is 0.506 e. The van der Waals surface area contributed by atoms with Crippen LogP contribution in [0.25, 0.3) is 5.76 Å². The molecule has 0 radical (unpaired) electrons. The summed E-state index contributed by atoms with van der Waals surface area (Å²) in [5.74, 6) is -2.96. The summed E-state index contributed by atoms with van der Waals surface area (Å²) in [5, 5.41) is 11.8. The first-order chi connectivity index (χ1) is 10.8. The summed E-state index contributed by atoms with van der Waals surface area (Å²) in [7, 11) is 0. The Balaban J connectivity index is 2.49. The third-order valence-electron chi connectivity index (χ3n) is 2.70. The number of thiophene rings is 1. The van der Waals surface area contributed by atoms with E-state index in [1.54, 1.807) is 17.5 Å². The Kier molecular flexibility index (Phi) is 5.23. The predicted octanol–water partition coefficient (Wildman–Crippen LogP) is 5.20. The third-order valence-corrected chi connectivity index (χ3v) is 3.89.